The second kappa shape index (κ2) is 24.1. The number of rotatable bonds is 20. The van der Waals surface area contributed by atoms with Crippen LogP contribution in [-0.2, 0) is 86.4 Å². The molecule has 3 aromatic rings. The summed E-state index contributed by atoms with van der Waals surface area (Å²) in [5, 5.41) is 2.53. The fraction of sp³-hybridized carbons (Fsp3) is 0.455. The molecule has 0 aliphatic carbocycles. The van der Waals surface area contributed by atoms with E-state index in [9.17, 15) is 19.2 Å². The molecule has 1 N–H and O–H groups in total. The summed E-state index contributed by atoms with van der Waals surface area (Å²) in [7, 11) is 0. The average molecular weight is 923 g/mol. The van der Waals surface area contributed by atoms with Crippen molar-refractivity contribution in [1.82, 2.24) is 5.32 Å². The van der Waals surface area contributed by atoms with Crippen LogP contribution in [0.4, 0.5) is 0 Å². The number of alkyl halides is 3. The van der Waals surface area contributed by atoms with Gasteiger partial charge in [-0.2, -0.15) is 0 Å². The number of nitrogens with one attached hydrogen (secondary N) is 1. The van der Waals surface area contributed by atoms with Gasteiger partial charge in [0.2, 0.25) is 0 Å². The van der Waals surface area contributed by atoms with Crippen LogP contribution in [0.15, 0.2) is 104 Å². The molecule has 62 heavy (non-hydrogen) atoms. The van der Waals surface area contributed by atoms with Crippen LogP contribution in [0.2, 0.25) is 0 Å². The van der Waals surface area contributed by atoms with Crippen molar-refractivity contribution in [3.8, 4) is 0 Å². The molecule has 0 radical (unpaired) electrons. The summed E-state index contributed by atoms with van der Waals surface area (Å²) in [6, 6.07) is 26.8. The summed E-state index contributed by atoms with van der Waals surface area (Å²) >= 11 is 18.1. The van der Waals surface area contributed by atoms with E-state index in [1.165, 1.54) is 6.08 Å². The molecule has 2 aliphatic heterocycles. The second-order valence-corrected chi connectivity index (χ2v) is 16.6. The molecule has 0 spiro atoms. The van der Waals surface area contributed by atoms with Gasteiger partial charge in [0, 0.05) is 20.8 Å². The van der Waals surface area contributed by atoms with Crippen LogP contribution in [0.1, 0.15) is 37.5 Å². The first-order valence-electron chi connectivity index (χ1n) is 19.7. The maximum Gasteiger partial charge on any atom is 0.303 e. The molecule has 0 unspecified atom stereocenters. The number of amides is 1. The first-order chi connectivity index (χ1) is 29.7. The molecule has 15 nitrogen and oxygen atoms in total. The number of hydrogen-bond donors (Lipinski definition) is 1. The van der Waals surface area contributed by atoms with Crippen molar-refractivity contribution in [2.75, 3.05) is 19.8 Å². The number of hydrogen-bond acceptors (Lipinski definition) is 14. The standard InChI is InChI=1S/C44H50Cl3NO14/c1-5-21-54-42-40(62-41-35(48-43(52)44(45,46)47)38(59-29(4)51)37(58-28(3)50)34(60-41)26-55-27(2)49)39(57-24-32-19-13-8-14-20-32)36(56-23-31-17-11-7-12-18-31)33(61-42)25-53-22-30-15-9-6-10-16-30/h5-20,33-42H,1,21-26H2,2-4H3,(H,48,52)/t33-,34-,35+,36-,37+,38-,39+,40-,41-,42-/m1/s1. The Kier molecular flexibility index (Phi) is 19.0. The molecule has 0 bridgehead atoms. The third-order valence-corrected chi connectivity index (χ3v) is 10.00. The van der Waals surface area contributed by atoms with E-state index >= 15 is 0 Å². The van der Waals surface area contributed by atoms with Gasteiger partial charge in [0.05, 0.1) is 33.0 Å². The summed E-state index contributed by atoms with van der Waals surface area (Å²) in [5.41, 5.74) is 2.58. The molecular weight excluding hydrogens is 873 g/mol. The van der Waals surface area contributed by atoms with Crippen LogP contribution < -0.4 is 5.32 Å². The maximum atomic E-state index is 13.4. The van der Waals surface area contributed by atoms with Gasteiger partial charge in [0.15, 0.2) is 24.8 Å². The summed E-state index contributed by atoms with van der Waals surface area (Å²) in [5.74, 6) is -3.54. The van der Waals surface area contributed by atoms with Crippen LogP contribution >= 0.6 is 34.8 Å². The number of benzene rings is 3. The number of carbonyl (C=O) groups excluding carboxylic acids is 4. The summed E-state index contributed by atoms with van der Waals surface area (Å²) in [6.45, 7) is 7.08. The van der Waals surface area contributed by atoms with Gasteiger partial charge in [0.25, 0.3) is 9.70 Å². The fourth-order valence-corrected chi connectivity index (χ4v) is 6.97. The highest BCUT2D eigenvalue weighted by molar-refractivity contribution is 6.76. The van der Waals surface area contributed by atoms with Crippen molar-refractivity contribution in [2.24, 2.45) is 0 Å². The largest absolute Gasteiger partial charge is 0.463 e. The second-order valence-electron chi connectivity index (χ2n) is 14.3. The highest BCUT2D eigenvalue weighted by atomic mass is 35.6. The first kappa shape index (κ1) is 48.9. The smallest absolute Gasteiger partial charge is 0.303 e. The lowest BCUT2D eigenvalue weighted by Gasteiger charge is -2.50. The Morgan fingerprint density at radius 1 is 0.629 bits per heavy atom. The molecule has 3 aromatic carbocycles. The number of carbonyl (C=O) groups is 4. The predicted molar refractivity (Wildman–Crippen MR) is 224 cm³/mol. The molecule has 2 heterocycles. The Morgan fingerprint density at radius 2 is 1.13 bits per heavy atom. The Morgan fingerprint density at radius 3 is 1.65 bits per heavy atom. The molecule has 336 valence electrons. The van der Waals surface area contributed by atoms with Crippen LogP contribution in [-0.4, -0.2) is 109 Å². The fourth-order valence-electron chi connectivity index (χ4n) is 6.81. The van der Waals surface area contributed by atoms with E-state index in [-0.39, 0.29) is 33.0 Å². The molecule has 1 amide bonds. The average Bonchev–Trinajstić information content (AvgIpc) is 3.24. The monoisotopic (exact) mass is 921 g/mol. The van der Waals surface area contributed by atoms with E-state index in [1.807, 2.05) is 91.0 Å². The van der Waals surface area contributed by atoms with Gasteiger partial charge in [-0.05, 0) is 16.7 Å². The van der Waals surface area contributed by atoms with Gasteiger partial charge in [-0.1, -0.05) is 132 Å². The molecule has 5 rings (SSSR count). The zero-order chi connectivity index (χ0) is 44.6. The lowest BCUT2D eigenvalue weighted by Crippen LogP contribution is -2.70. The minimum absolute atomic E-state index is 0.0190. The molecular formula is C44H50Cl3NO14. The highest BCUT2D eigenvalue weighted by Crippen LogP contribution is 2.36. The maximum absolute atomic E-state index is 13.4. The third-order valence-electron chi connectivity index (χ3n) is 9.48. The Balaban J connectivity index is 1.60. The molecule has 10 atom stereocenters. The van der Waals surface area contributed by atoms with Gasteiger partial charge in [-0.25, -0.2) is 0 Å². The Labute approximate surface area is 375 Å². The lowest BCUT2D eigenvalue weighted by atomic mass is 9.94. The van der Waals surface area contributed by atoms with Crippen LogP contribution in [0.25, 0.3) is 0 Å². The molecule has 2 fully saturated rings. The van der Waals surface area contributed by atoms with E-state index in [4.69, 9.17) is 82.2 Å². The minimum atomic E-state index is -2.54. The van der Waals surface area contributed by atoms with Gasteiger partial charge < -0.3 is 52.7 Å². The molecule has 0 aromatic heterocycles. The number of ether oxygens (including phenoxy) is 10. The van der Waals surface area contributed by atoms with E-state index in [0.29, 0.717) is 0 Å². The van der Waals surface area contributed by atoms with Crippen molar-refractivity contribution < 1.29 is 66.5 Å². The summed E-state index contributed by atoms with van der Waals surface area (Å²) < 4.78 is 59.8. The SMILES string of the molecule is C=CCO[C@@H]1O[C@H](COCc2ccccc2)[C@@H](OCc2ccccc2)[C@H](OCc2ccccc2)[C@H]1O[C@H]1O[C@H](COC(C)=O)[C@H](OC(C)=O)[C@H](OC(C)=O)[C@@H]1NC(=O)C(Cl)(Cl)Cl. The minimum Gasteiger partial charge on any atom is -0.463 e. The first-order valence-corrected chi connectivity index (χ1v) is 20.8. The molecule has 18 heteroatoms. The predicted octanol–water partition coefficient (Wildman–Crippen LogP) is 5.69. The van der Waals surface area contributed by atoms with E-state index < -0.39 is 95.6 Å². The third kappa shape index (κ3) is 14.7. The van der Waals surface area contributed by atoms with Crippen LogP contribution in [0.5, 0.6) is 0 Å². The number of halogens is 3. The van der Waals surface area contributed by atoms with Crippen molar-refractivity contribution >= 4 is 58.6 Å². The number of esters is 3. The van der Waals surface area contributed by atoms with E-state index in [1.54, 1.807) is 0 Å². The van der Waals surface area contributed by atoms with Crippen molar-refractivity contribution in [3.05, 3.63) is 120 Å². The van der Waals surface area contributed by atoms with Crippen LogP contribution in [0.3, 0.4) is 0 Å². The molecule has 2 aliphatic rings. The highest BCUT2D eigenvalue weighted by Gasteiger charge is 2.56. The van der Waals surface area contributed by atoms with Crippen molar-refractivity contribution in [3.63, 3.8) is 0 Å². The zero-order valence-corrected chi connectivity index (χ0v) is 36.6. The van der Waals surface area contributed by atoms with E-state index in [2.05, 4.69) is 11.9 Å². The van der Waals surface area contributed by atoms with Crippen LogP contribution in [0, 0.1) is 0 Å². The van der Waals surface area contributed by atoms with Crippen molar-refractivity contribution in [2.45, 2.75) is 106 Å². The molecule has 2 saturated heterocycles. The normalized spacial score (nSPS) is 26.2. The summed E-state index contributed by atoms with van der Waals surface area (Å²) in [4.78, 5) is 50.7. The van der Waals surface area contributed by atoms with E-state index in [0.717, 1.165) is 37.5 Å². The van der Waals surface area contributed by atoms with Gasteiger partial charge in [-0.15, -0.1) is 6.58 Å². The van der Waals surface area contributed by atoms with Gasteiger partial charge in [-0.3, -0.25) is 19.2 Å². The van der Waals surface area contributed by atoms with Gasteiger partial charge >= 0.3 is 17.9 Å². The van der Waals surface area contributed by atoms with Crippen molar-refractivity contribution in [1.29, 1.82) is 0 Å². The van der Waals surface area contributed by atoms with Gasteiger partial charge in [0.1, 0.15) is 43.2 Å². The molecule has 0 saturated carbocycles. The summed E-state index contributed by atoms with van der Waals surface area (Å²) in [6.07, 6.45) is -9.95. The quantitative estimate of drug-likeness (QED) is 0.0634. The Hall–Kier alpha value is -4.13. The topological polar surface area (TPSA) is 173 Å². The lowest BCUT2D eigenvalue weighted by molar-refractivity contribution is -0.363. The Bertz CT molecular complexity index is 1890. The zero-order valence-electron chi connectivity index (χ0n) is 34.3.